The second-order valence-electron chi connectivity index (χ2n) is 5.29. The average molecular weight is 278 g/mol. The van der Waals surface area contributed by atoms with E-state index in [0.717, 1.165) is 12.8 Å². The molecule has 2 aromatic rings. The second kappa shape index (κ2) is 8.24. The third-order valence-corrected chi connectivity index (χ3v) is 3.75. The van der Waals surface area contributed by atoms with Crippen molar-refractivity contribution in [3.8, 4) is 6.07 Å². The molecule has 0 saturated heterocycles. The molecule has 0 saturated carbocycles. The molecule has 2 atom stereocenters. The molecule has 0 spiro atoms. The van der Waals surface area contributed by atoms with Crippen molar-refractivity contribution in [3.05, 3.63) is 71.8 Å². The topological polar surface area (TPSA) is 35.8 Å². The summed E-state index contributed by atoms with van der Waals surface area (Å²) in [5, 5.41) is 12.6. The Morgan fingerprint density at radius 1 is 1.00 bits per heavy atom. The zero-order valence-electron chi connectivity index (χ0n) is 12.5. The van der Waals surface area contributed by atoms with Gasteiger partial charge in [-0.2, -0.15) is 5.26 Å². The van der Waals surface area contributed by atoms with E-state index in [1.54, 1.807) is 0 Å². The van der Waals surface area contributed by atoms with Crippen molar-refractivity contribution >= 4 is 0 Å². The lowest BCUT2D eigenvalue weighted by atomic mass is 9.97. The number of rotatable bonds is 7. The molecule has 21 heavy (non-hydrogen) atoms. The summed E-state index contributed by atoms with van der Waals surface area (Å²) in [6.45, 7) is 2.12. The van der Waals surface area contributed by atoms with E-state index >= 15 is 0 Å². The quantitative estimate of drug-likeness (QED) is 0.821. The van der Waals surface area contributed by atoms with E-state index in [9.17, 15) is 0 Å². The van der Waals surface area contributed by atoms with Crippen LogP contribution in [-0.2, 0) is 6.42 Å². The SMILES string of the molecule is CCC(CC#N)NC(Cc1ccccc1)c1ccccc1. The zero-order valence-corrected chi connectivity index (χ0v) is 12.5. The van der Waals surface area contributed by atoms with Crippen molar-refractivity contribution in [1.29, 1.82) is 5.26 Å². The number of nitrogens with zero attached hydrogens (tertiary/aromatic N) is 1. The summed E-state index contributed by atoms with van der Waals surface area (Å²) in [4.78, 5) is 0. The lowest BCUT2D eigenvalue weighted by Crippen LogP contribution is -2.33. The van der Waals surface area contributed by atoms with Gasteiger partial charge in [-0.1, -0.05) is 67.6 Å². The van der Waals surface area contributed by atoms with Crippen molar-refractivity contribution in [1.82, 2.24) is 5.32 Å². The Labute approximate surface area is 127 Å². The maximum Gasteiger partial charge on any atom is 0.0638 e. The molecule has 0 aliphatic heterocycles. The van der Waals surface area contributed by atoms with Gasteiger partial charge in [-0.3, -0.25) is 0 Å². The van der Waals surface area contributed by atoms with Crippen LogP contribution in [0.2, 0.25) is 0 Å². The van der Waals surface area contributed by atoms with Gasteiger partial charge in [-0.15, -0.1) is 0 Å². The van der Waals surface area contributed by atoms with Gasteiger partial charge in [0.25, 0.3) is 0 Å². The van der Waals surface area contributed by atoms with E-state index in [2.05, 4.69) is 66.8 Å². The highest BCUT2D eigenvalue weighted by atomic mass is 14.9. The maximum atomic E-state index is 8.95. The van der Waals surface area contributed by atoms with Crippen molar-refractivity contribution < 1.29 is 0 Å². The molecule has 0 aliphatic rings. The number of nitrogens with one attached hydrogen (secondary N) is 1. The van der Waals surface area contributed by atoms with Crippen LogP contribution < -0.4 is 5.32 Å². The third-order valence-electron chi connectivity index (χ3n) is 3.75. The summed E-state index contributed by atoms with van der Waals surface area (Å²) >= 11 is 0. The molecule has 0 aromatic heterocycles. The first-order valence-electron chi connectivity index (χ1n) is 7.55. The van der Waals surface area contributed by atoms with E-state index in [-0.39, 0.29) is 12.1 Å². The molecule has 2 aromatic carbocycles. The fourth-order valence-electron chi connectivity index (χ4n) is 2.52. The van der Waals surface area contributed by atoms with Gasteiger partial charge in [0.15, 0.2) is 0 Å². The molecule has 2 rings (SSSR count). The van der Waals surface area contributed by atoms with Crippen LogP contribution in [0.15, 0.2) is 60.7 Å². The van der Waals surface area contributed by atoms with Crippen LogP contribution in [0.25, 0.3) is 0 Å². The predicted octanol–water partition coefficient (Wildman–Crippen LogP) is 4.25. The van der Waals surface area contributed by atoms with Crippen LogP contribution in [0, 0.1) is 11.3 Å². The number of nitriles is 1. The normalized spacial score (nSPS) is 13.3. The molecule has 0 bridgehead atoms. The molecule has 0 radical (unpaired) electrons. The van der Waals surface area contributed by atoms with Gasteiger partial charge in [-0.05, 0) is 24.0 Å². The summed E-state index contributed by atoms with van der Waals surface area (Å²) in [7, 11) is 0. The first-order chi connectivity index (χ1) is 10.3. The van der Waals surface area contributed by atoms with Gasteiger partial charge in [0.1, 0.15) is 0 Å². The van der Waals surface area contributed by atoms with E-state index < -0.39 is 0 Å². The minimum Gasteiger partial charge on any atom is -0.306 e. The zero-order chi connectivity index (χ0) is 14.9. The summed E-state index contributed by atoms with van der Waals surface area (Å²) in [6.07, 6.45) is 2.45. The molecule has 2 nitrogen and oxygen atoms in total. The van der Waals surface area contributed by atoms with Crippen LogP contribution in [0.1, 0.15) is 36.9 Å². The Morgan fingerprint density at radius 2 is 1.62 bits per heavy atom. The smallest absolute Gasteiger partial charge is 0.0638 e. The Morgan fingerprint density at radius 3 is 2.19 bits per heavy atom. The minimum atomic E-state index is 0.240. The standard InChI is InChI=1S/C19H22N2/c1-2-18(13-14-20)21-19(17-11-7-4-8-12-17)15-16-9-5-3-6-10-16/h3-12,18-19,21H,2,13,15H2,1H3. The van der Waals surface area contributed by atoms with Crippen LogP contribution >= 0.6 is 0 Å². The summed E-state index contributed by atoms with van der Waals surface area (Å²) in [6, 6.07) is 23.7. The number of hydrogen-bond acceptors (Lipinski definition) is 2. The van der Waals surface area contributed by atoms with E-state index in [4.69, 9.17) is 5.26 Å². The Kier molecular flexibility index (Phi) is 5.99. The summed E-state index contributed by atoms with van der Waals surface area (Å²) in [5.74, 6) is 0. The fourth-order valence-corrected chi connectivity index (χ4v) is 2.52. The van der Waals surface area contributed by atoms with E-state index in [1.165, 1.54) is 11.1 Å². The van der Waals surface area contributed by atoms with Gasteiger partial charge in [0.2, 0.25) is 0 Å². The first-order valence-corrected chi connectivity index (χ1v) is 7.55. The Balaban J connectivity index is 2.16. The van der Waals surface area contributed by atoms with E-state index in [1.807, 2.05) is 12.1 Å². The molecule has 0 aliphatic carbocycles. The van der Waals surface area contributed by atoms with Crippen LogP contribution in [0.4, 0.5) is 0 Å². The van der Waals surface area contributed by atoms with Crippen molar-refractivity contribution in [3.63, 3.8) is 0 Å². The molecule has 0 fully saturated rings. The minimum absolute atomic E-state index is 0.240. The molecule has 108 valence electrons. The van der Waals surface area contributed by atoms with E-state index in [0.29, 0.717) is 6.42 Å². The van der Waals surface area contributed by atoms with Gasteiger partial charge in [-0.25, -0.2) is 0 Å². The molecule has 0 heterocycles. The lowest BCUT2D eigenvalue weighted by molar-refractivity contribution is 0.425. The van der Waals surface area contributed by atoms with Crippen LogP contribution in [-0.4, -0.2) is 6.04 Å². The lowest BCUT2D eigenvalue weighted by Gasteiger charge is -2.24. The largest absolute Gasteiger partial charge is 0.306 e. The highest BCUT2D eigenvalue weighted by Crippen LogP contribution is 2.20. The third kappa shape index (κ3) is 4.73. The van der Waals surface area contributed by atoms with Crippen molar-refractivity contribution in [2.24, 2.45) is 0 Å². The first kappa shape index (κ1) is 15.3. The highest BCUT2D eigenvalue weighted by Gasteiger charge is 2.16. The number of hydrogen-bond donors (Lipinski definition) is 1. The fraction of sp³-hybridized carbons (Fsp3) is 0.316. The molecule has 2 unspecified atom stereocenters. The summed E-state index contributed by atoms with van der Waals surface area (Å²) < 4.78 is 0. The van der Waals surface area contributed by atoms with Gasteiger partial charge in [0, 0.05) is 12.1 Å². The Hall–Kier alpha value is -2.11. The van der Waals surface area contributed by atoms with Crippen molar-refractivity contribution in [2.75, 3.05) is 0 Å². The monoisotopic (exact) mass is 278 g/mol. The van der Waals surface area contributed by atoms with Gasteiger partial charge < -0.3 is 5.32 Å². The molecular weight excluding hydrogens is 256 g/mol. The maximum absolute atomic E-state index is 8.95. The second-order valence-corrected chi connectivity index (χ2v) is 5.29. The molecular formula is C19H22N2. The molecule has 1 N–H and O–H groups in total. The highest BCUT2D eigenvalue weighted by molar-refractivity contribution is 5.24. The Bertz CT molecular complexity index is 557. The molecule has 2 heteroatoms. The van der Waals surface area contributed by atoms with Crippen LogP contribution in [0.3, 0.4) is 0 Å². The van der Waals surface area contributed by atoms with Gasteiger partial charge >= 0.3 is 0 Å². The van der Waals surface area contributed by atoms with Crippen LogP contribution in [0.5, 0.6) is 0 Å². The predicted molar refractivity (Wildman–Crippen MR) is 86.8 cm³/mol. The average Bonchev–Trinajstić information content (AvgIpc) is 2.55. The van der Waals surface area contributed by atoms with Gasteiger partial charge in [0.05, 0.1) is 12.5 Å². The van der Waals surface area contributed by atoms with Crippen molar-refractivity contribution in [2.45, 2.75) is 38.3 Å². The summed E-state index contributed by atoms with van der Waals surface area (Å²) in [5.41, 5.74) is 2.59. The molecule has 0 amide bonds. The number of benzene rings is 2.